The third-order valence-corrected chi connectivity index (χ3v) is 5.60. The second-order valence-corrected chi connectivity index (χ2v) is 9.91. The number of unbranched alkanes of at least 4 members (excludes halogenated alkanes) is 3. The summed E-state index contributed by atoms with van der Waals surface area (Å²) in [6.07, 6.45) is 5.11. The average molecular weight is 499 g/mol. The lowest BCUT2D eigenvalue weighted by Crippen LogP contribution is -2.34. The van der Waals surface area contributed by atoms with Gasteiger partial charge in [0.15, 0.2) is 5.11 Å². The summed E-state index contributed by atoms with van der Waals surface area (Å²) in [5.74, 6) is 0.271. The molecule has 0 bridgehead atoms. The van der Waals surface area contributed by atoms with Crippen LogP contribution in [0.4, 0.5) is 5.69 Å². The van der Waals surface area contributed by atoms with E-state index in [4.69, 9.17) is 21.7 Å². The first kappa shape index (κ1) is 28.3. The standard InChI is InChI=1S/C28H38N2O4S/c1-5-6-7-8-19-34-26(32)21-11-15-23(16-12-21)29-27(35)30-25(31)10-9-20-33-24-17-13-22(14-18-24)28(2,3)4/h11-18H,5-10,19-20H2,1-4H3,(H2,29,30,31,35). The Morgan fingerprint density at radius 1 is 0.886 bits per heavy atom. The number of ether oxygens (including phenoxy) is 2. The molecule has 0 saturated carbocycles. The van der Waals surface area contributed by atoms with Crippen molar-refractivity contribution in [3.8, 4) is 5.75 Å². The number of hydrogen-bond acceptors (Lipinski definition) is 5. The maximum atomic E-state index is 12.2. The Labute approximate surface area is 214 Å². The van der Waals surface area contributed by atoms with Gasteiger partial charge in [-0.1, -0.05) is 59.1 Å². The van der Waals surface area contributed by atoms with Crippen LogP contribution in [0.15, 0.2) is 48.5 Å². The SMILES string of the molecule is CCCCCCOC(=O)c1ccc(NC(=S)NC(=O)CCCOc2ccc(C(C)(C)C)cc2)cc1. The van der Waals surface area contributed by atoms with Crippen LogP contribution in [0.2, 0.25) is 0 Å². The van der Waals surface area contributed by atoms with E-state index in [2.05, 4.69) is 50.5 Å². The van der Waals surface area contributed by atoms with Crippen LogP contribution in [0.5, 0.6) is 5.75 Å². The van der Waals surface area contributed by atoms with Gasteiger partial charge in [0.2, 0.25) is 5.91 Å². The quantitative estimate of drug-likeness (QED) is 0.200. The lowest BCUT2D eigenvalue weighted by Gasteiger charge is -2.19. The fourth-order valence-electron chi connectivity index (χ4n) is 3.29. The highest BCUT2D eigenvalue weighted by Crippen LogP contribution is 2.24. The molecule has 1 amide bonds. The van der Waals surface area contributed by atoms with Crippen LogP contribution < -0.4 is 15.4 Å². The zero-order valence-corrected chi connectivity index (χ0v) is 22.1. The number of esters is 1. The Kier molecular flexibility index (Phi) is 11.7. The highest BCUT2D eigenvalue weighted by atomic mass is 32.1. The fourth-order valence-corrected chi connectivity index (χ4v) is 3.52. The van der Waals surface area contributed by atoms with Crippen LogP contribution in [-0.4, -0.2) is 30.2 Å². The van der Waals surface area contributed by atoms with Gasteiger partial charge in [-0.15, -0.1) is 0 Å². The number of nitrogens with one attached hydrogen (secondary N) is 2. The smallest absolute Gasteiger partial charge is 0.338 e. The van der Waals surface area contributed by atoms with Crippen LogP contribution in [0.1, 0.15) is 82.1 Å². The predicted octanol–water partition coefficient (Wildman–Crippen LogP) is 6.39. The summed E-state index contributed by atoms with van der Waals surface area (Å²) in [6.45, 7) is 9.53. The van der Waals surface area contributed by atoms with Gasteiger partial charge in [0.1, 0.15) is 5.75 Å². The maximum absolute atomic E-state index is 12.2. The predicted molar refractivity (Wildman–Crippen MR) is 145 cm³/mol. The van der Waals surface area contributed by atoms with Gasteiger partial charge in [-0.05, 0) is 72.4 Å². The molecule has 35 heavy (non-hydrogen) atoms. The number of carbonyl (C=O) groups is 2. The van der Waals surface area contributed by atoms with Crippen LogP contribution in [0.25, 0.3) is 0 Å². The average Bonchev–Trinajstić information content (AvgIpc) is 2.81. The zero-order valence-electron chi connectivity index (χ0n) is 21.3. The Bertz CT molecular complexity index is 950. The maximum Gasteiger partial charge on any atom is 0.338 e. The van der Waals surface area contributed by atoms with E-state index in [-0.39, 0.29) is 22.4 Å². The van der Waals surface area contributed by atoms with Crippen molar-refractivity contribution >= 4 is 34.9 Å². The van der Waals surface area contributed by atoms with Crippen LogP contribution >= 0.6 is 12.2 Å². The molecule has 2 aromatic rings. The van der Waals surface area contributed by atoms with E-state index in [0.29, 0.717) is 37.3 Å². The van der Waals surface area contributed by atoms with Gasteiger partial charge in [-0.2, -0.15) is 0 Å². The molecule has 2 N–H and O–H groups in total. The molecule has 190 valence electrons. The van der Waals surface area contributed by atoms with Crippen molar-refractivity contribution in [1.82, 2.24) is 5.32 Å². The van der Waals surface area contributed by atoms with E-state index < -0.39 is 0 Å². The number of rotatable bonds is 12. The van der Waals surface area contributed by atoms with Gasteiger partial charge in [-0.3, -0.25) is 4.79 Å². The van der Waals surface area contributed by atoms with E-state index in [1.807, 2.05) is 12.1 Å². The molecule has 0 aliphatic rings. The Balaban J connectivity index is 1.65. The second-order valence-electron chi connectivity index (χ2n) is 9.50. The van der Waals surface area contributed by atoms with Gasteiger partial charge in [0, 0.05) is 12.1 Å². The molecule has 0 fully saturated rings. The third-order valence-electron chi connectivity index (χ3n) is 5.40. The first-order valence-electron chi connectivity index (χ1n) is 12.3. The molecular formula is C28H38N2O4S. The summed E-state index contributed by atoms with van der Waals surface area (Å²) in [7, 11) is 0. The minimum atomic E-state index is -0.337. The molecule has 0 unspecified atom stereocenters. The normalized spacial score (nSPS) is 11.0. The van der Waals surface area contributed by atoms with E-state index in [9.17, 15) is 9.59 Å². The minimum Gasteiger partial charge on any atom is -0.494 e. The summed E-state index contributed by atoms with van der Waals surface area (Å²) in [5, 5.41) is 5.83. The number of anilines is 1. The van der Waals surface area contributed by atoms with E-state index in [1.54, 1.807) is 24.3 Å². The lowest BCUT2D eigenvalue weighted by molar-refractivity contribution is -0.119. The molecule has 0 aromatic heterocycles. The van der Waals surface area contributed by atoms with Gasteiger partial charge in [0.25, 0.3) is 0 Å². The van der Waals surface area contributed by atoms with E-state index in [0.717, 1.165) is 31.4 Å². The minimum absolute atomic E-state index is 0.102. The largest absolute Gasteiger partial charge is 0.494 e. The third kappa shape index (κ3) is 10.9. The fraction of sp³-hybridized carbons (Fsp3) is 0.464. The van der Waals surface area contributed by atoms with Crippen molar-refractivity contribution in [2.75, 3.05) is 18.5 Å². The monoisotopic (exact) mass is 498 g/mol. The van der Waals surface area contributed by atoms with Crippen molar-refractivity contribution in [3.05, 3.63) is 59.7 Å². The molecule has 0 aliphatic heterocycles. The molecule has 0 spiro atoms. The van der Waals surface area contributed by atoms with Crippen molar-refractivity contribution in [1.29, 1.82) is 0 Å². The molecule has 6 nitrogen and oxygen atoms in total. The van der Waals surface area contributed by atoms with Gasteiger partial charge >= 0.3 is 5.97 Å². The zero-order chi connectivity index (χ0) is 25.7. The van der Waals surface area contributed by atoms with Gasteiger partial charge in [-0.25, -0.2) is 4.79 Å². The van der Waals surface area contributed by atoms with Crippen molar-refractivity contribution in [2.45, 2.75) is 71.6 Å². The summed E-state index contributed by atoms with van der Waals surface area (Å²) in [4.78, 5) is 24.3. The summed E-state index contributed by atoms with van der Waals surface area (Å²) < 4.78 is 11.0. The molecule has 0 aliphatic carbocycles. The first-order chi connectivity index (χ1) is 16.7. The number of carbonyl (C=O) groups excluding carboxylic acids is 2. The summed E-state index contributed by atoms with van der Waals surface area (Å²) in [6, 6.07) is 14.8. The Morgan fingerprint density at radius 3 is 2.20 bits per heavy atom. The van der Waals surface area contributed by atoms with Crippen molar-refractivity contribution < 1.29 is 19.1 Å². The molecule has 0 radical (unpaired) electrons. The number of amides is 1. The van der Waals surface area contributed by atoms with Crippen LogP contribution in [0, 0.1) is 0 Å². The van der Waals surface area contributed by atoms with Crippen LogP contribution in [0.3, 0.4) is 0 Å². The summed E-state index contributed by atoms with van der Waals surface area (Å²) >= 11 is 5.22. The van der Waals surface area contributed by atoms with E-state index >= 15 is 0 Å². The van der Waals surface area contributed by atoms with Gasteiger partial charge < -0.3 is 20.1 Å². The van der Waals surface area contributed by atoms with Crippen molar-refractivity contribution in [2.24, 2.45) is 0 Å². The molecule has 7 heteroatoms. The van der Waals surface area contributed by atoms with Gasteiger partial charge in [0.05, 0.1) is 18.8 Å². The molecule has 2 aromatic carbocycles. The van der Waals surface area contributed by atoms with Crippen LogP contribution in [-0.2, 0) is 14.9 Å². The highest BCUT2D eigenvalue weighted by molar-refractivity contribution is 7.80. The molecule has 2 rings (SSSR count). The topological polar surface area (TPSA) is 76.7 Å². The Hall–Kier alpha value is -2.93. The molecule has 0 atom stereocenters. The molecule has 0 heterocycles. The first-order valence-corrected chi connectivity index (χ1v) is 12.7. The van der Waals surface area contributed by atoms with Crippen molar-refractivity contribution in [3.63, 3.8) is 0 Å². The van der Waals surface area contributed by atoms with E-state index in [1.165, 1.54) is 5.56 Å². The highest BCUT2D eigenvalue weighted by Gasteiger charge is 2.13. The number of thiocarbonyl (C=S) groups is 1. The second kappa shape index (κ2) is 14.5. The number of benzene rings is 2. The lowest BCUT2D eigenvalue weighted by atomic mass is 9.87. The molecular weight excluding hydrogens is 460 g/mol. The summed E-state index contributed by atoms with van der Waals surface area (Å²) in [5.41, 5.74) is 2.51. The Morgan fingerprint density at radius 2 is 1.57 bits per heavy atom. The molecule has 0 saturated heterocycles. The number of hydrogen-bond donors (Lipinski definition) is 2.